The summed E-state index contributed by atoms with van der Waals surface area (Å²) < 4.78 is 0. The van der Waals surface area contributed by atoms with Gasteiger partial charge in [-0.15, -0.1) is 0 Å². The first kappa shape index (κ1) is 13.7. The normalized spacial score (nSPS) is 17.2. The number of fused-ring (bicyclic) bond motifs is 1. The molecule has 3 nitrogen and oxygen atoms in total. The first-order valence-electron chi connectivity index (χ1n) is 7.40. The molecule has 1 aliphatic heterocycles. The highest BCUT2D eigenvalue weighted by Crippen LogP contribution is 2.31. The highest BCUT2D eigenvalue weighted by Gasteiger charge is 2.28. The largest absolute Gasteiger partial charge is 0.388 e. The lowest BCUT2D eigenvalue weighted by molar-refractivity contribution is 0.0975. The average Bonchev–Trinajstić information content (AvgIpc) is 2.54. The van der Waals surface area contributed by atoms with E-state index in [9.17, 15) is 4.79 Å². The molecular weight excluding hydrogens is 260 g/mol. The van der Waals surface area contributed by atoms with Crippen LogP contribution in [0.3, 0.4) is 0 Å². The predicted molar refractivity (Wildman–Crippen MR) is 87.0 cm³/mol. The molecule has 21 heavy (non-hydrogen) atoms. The summed E-state index contributed by atoms with van der Waals surface area (Å²) in [6, 6.07) is 16.1. The number of nitrogens with zero attached hydrogens (tertiary/aromatic N) is 1. The summed E-state index contributed by atoms with van der Waals surface area (Å²) in [7, 11) is 1.87. The summed E-state index contributed by atoms with van der Waals surface area (Å²) in [5.41, 5.74) is 4.06. The molecule has 3 heteroatoms. The fourth-order valence-corrected chi connectivity index (χ4v) is 2.92. The minimum atomic E-state index is 0.0808. The van der Waals surface area contributed by atoms with Crippen LogP contribution in [0.4, 0.5) is 11.4 Å². The first-order valence-corrected chi connectivity index (χ1v) is 7.40. The lowest BCUT2D eigenvalue weighted by atomic mass is 9.95. The molecule has 0 saturated heterocycles. The number of benzene rings is 2. The molecule has 0 aliphatic carbocycles. The summed E-state index contributed by atoms with van der Waals surface area (Å²) in [5.74, 6) is 0.0808. The number of anilines is 2. The lowest BCUT2D eigenvalue weighted by Crippen LogP contribution is -2.42. The van der Waals surface area contributed by atoms with Gasteiger partial charge >= 0.3 is 0 Å². The highest BCUT2D eigenvalue weighted by atomic mass is 16.2. The molecule has 0 saturated carbocycles. The monoisotopic (exact) mass is 280 g/mol. The van der Waals surface area contributed by atoms with Crippen LogP contribution < -0.4 is 10.2 Å². The SMILES string of the molecule is CNc1ccc(C(=O)N2c3ccccc3CCC2C)cc1. The lowest BCUT2D eigenvalue weighted by Gasteiger charge is -2.35. The van der Waals surface area contributed by atoms with E-state index in [0.29, 0.717) is 0 Å². The zero-order valence-electron chi connectivity index (χ0n) is 12.5. The third-order valence-electron chi connectivity index (χ3n) is 4.16. The fourth-order valence-electron chi connectivity index (χ4n) is 2.92. The maximum atomic E-state index is 12.9. The van der Waals surface area contributed by atoms with E-state index in [1.807, 2.05) is 54.4 Å². The van der Waals surface area contributed by atoms with Crippen molar-refractivity contribution in [2.45, 2.75) is 25.8 Å². The third-order valence-corrected chi connectivity index (χ3v) is 4.16. The predicted octanol–water partition coefficient (Wildman–Crippen LogP) is 3.71. The Kier molecular flexibility index (Phi) is 3.65. The van der Waals surface area contributed by atoms with Gasteiger partial charge in [-0.25, -0.2) is 0 Å². The van der Waals surface area contributed by atoms with Gasteiger partial charge in [0.15, 0.2) is 0 Å². The molecule has 2 aromatic rings. The first-order chi connectivity index (χ1) is 10.2. The van der Waals surface area contributed by atoms with Crippen LogP contribution in [0.1, 0.15) is 29.3 Å². The average molecular weight is 280 g/mol. The van der Waals surface area contributed by atoms with Gasteiger partial charge in [0.2, 0.25) is 0 Å². The van der Waals surface area contributed by atoms with E-state index in [4.69, 9.17) is 0 Å². The van der Waals surface area contributed by atoms with Gasteiger partial charge in [-0.1, -0.05) is 18.2 Å². The van der Waals surface area contributed by atoms with E-state index >= 15 is 0 Å². The summed E-state index contributed by atoms with van der Waals surface area (Å²) in [5, 5.41) is 3.07. The van der Waals surface area contributed by atoms with Crippen LogP contribution >= 0.6 is 0 Å². The van der Waals surface area contributed by atoms with Crippen molar-refractivity contribution >= 4 is 17.3 Å². The number of aryl methyl sites for hydroxylation is 1. The standard InChI is InChI=1S/C18H20N2O/c1-13-7-8-14-5-3-4-6-17(14)20(13)18(21)15-9-11-16(19-2)12-10-15/h3-6,9-13,19H,7-8H2,1-2H3. The van der Waals surface area contributed by atoms with Crippen LogP contribution in [-0.4, -0.2) is 19.0 Å². The van der Waals surface area contributed by atoms with Gasteiger partial charge in [-0.2, -0.15) is 0 Å². The molecule has 0 fully saturated rings. The van der Waals surface area contributed by atoms with Crippen LogP contribution in [0.15, 0.2) is 48.5 Å². The van der Waals surface area contributed by atoms with Gasteiger partial charge in [0.25, 0.3) is 5.91 Å². The Bertz CT molecular complexity index is 649. The van der Waals surface area contributed by atoms with E-state index in [1.54, 1.807) is 0 Å². The van der Waals surface area contributed by atoms with E-state index in [-0.39, 0.29) is 11.9 Å². The van der Waals surface area contributed by atoms with Crippen LogP contribution in [-0.2, 0) is 6.42 Å². The fraction of sp³-hybridized carbons (Fsp3) is 0.278. The van der Waals surface area contributed by atoms with E-state index < -0.39 is 0 Å². The Labute approximate surface area is 125 Å². The van der Waals surface area contributed by atoms with Gasteiger partial charge in [-0.3, -0.25) is 4.79 Å². The van der Waals surface area contributed by atoms with Crippen molar-refractivity contribution in [2.75, 3.05) is 17.3 Å². The Morgan fingerprint density at radius 1 is 1.14 bits per heavy atom. The number of hydrogen-bond acceptors (Lipinski definition) is 2. The topological polar surface area (TPSA) is 32.3 Å². The molecule has 1 unspecified atom stereocenters. The second-order valence-electron chi connectivity index (χ2n) is 5.52. The Morgan fingerprint density at radius 3 is 2.57 bits per heavy atom. The van der Waals surface area contributed by atoms with Crippen LogP contribution in [0, 0.1) is 0 Å². The number of nitrogens with one attached hydrogen (secondary N) is 1. The zero-order valence-corrected chi connectivity index (χ0v) is 12.5. The number of carbonyl (C=O) groups excluding carboxylic acids is 1. The van der Waals surface area contributed by atoms with Crippen molar-refractivity contribution in [3.8, 4) is 0 Å². The van der Waals surface area contributed by atoms with E-state index in [0.717, 1.165) is 29.8 Å². The van der Waals surface area contributed by atoms with Crippen molar-refractivity contribution in [1.29, 1.82) is 0 Å². The van der Waals surface area contributed by atoms with Crippen molar-refractivity contribution in [3.05, 3.63) is 59.7 Å². The smallest absolute Gasteiger partial charge is 0.258 e. The Hall–Kier alpha value is -2.29. The summed E-state index contributed by atoms with van der Waals surface area (Å²) >= 11 is 0. The number of para-hydroxylation sites is 1. The molecule has 0 bridgehead atoms. The number of rotatable bonds is 2. The minimum absolute atomic E-state index is 0.0808. The number of carbonyl (C=O) groups is 1. The Balaban J connectivity index is 1.96. The van der Waals surface area contributed by atoms with Crippen molar-refractivity contribution in [3.63, 3.8) is 0 Å². The molecule has 1 aliphatic rings. The van der Waals surface area contributed by atoms with Crippen molar-refractivity contribution in [2.24, 2.45) is 0 Å². The van der Waals surface area contributed by atoms with Gasteiger partial charge in [-0.05, 0) is 55.7 Å². The second kappa shape index (κ2) is 5.60. The quantitative estimate of drug-likeness (QED) is 0.909. The molecule has 3 rings (SSSR count). The highest BCUT2D eigenvalue weighted by molar-refractivity contribution is 6.07. The summed E-state index contributed by atoms with van der Waals surface area (Å²) in [6.45, 7) is 2.12. The molecule has 1 N–H and O–H groups in total. The van der Waals surface area contributed by atoms with Crippen LogP contribution in [0.5, 0.6) is 0 Å². The molecule has 0 radical (unpaired) electrons. The number of amides is 1. The van der Waals surface area contributed by atoms with Crippen LogP contribution in [0.2, 0.25) is 0 Å². The second-order valence-corrected chi connectivity index (χ2v) is 5.52. The molecule has 1 amide bonds. The van der Waals surface area contributed by atoms with Crippen molar-refractivity contribution < 1.29 is 4.79 Å². The number of hydrogen-bond donors (Lipinski definition) is 1. The summed E-state index contributed by atoms with van der Waals surface area (Å²) in [6.07, 6.45) is 2.05. The molecule has 1 atom stereocenters. The molecule has 108 valence electrons. The van der Waals surface area contributed by atoms with E-state index in [1.165, 1.54) is 5.56 Å². The summed E-state index contributed by atoms with van der Waals surface area (Å²) in [4.78, 5) is 14.8. The van der Waals surface area contributed by atoms with Gasteiger partial charge in [0.05, 0.1) is 0 Å². The van der Waals surface area contributed by atoms with Gasteiger partial charge < -0.3 is 10.2 Å². The van der Waals surface area contributed by atoms with Crippen molar-refractivity contribution in [1.82, 2.24) is 0 Å². The zero-order chi connectivity index (χ0) is 14.8. The molecule has 1 heterocycles. The molecule has 0 aromatic heterocycles. The maximum Gasteiger partial charge on any atom is 0.258 e. The maximum absolute atomic E-state index is 12.9. The molecule has 0 spiro atoms. The molecule has 2 aromatic carbocycles. The van der Waals surface area contributed by atoms with Gasteiger partial charge in [0.1, 0.15) is 0 Å². The third kappa shape index (κ3) is 2.51. The van der Waals surface area contributed by atoms with Gasteiger partial charge in [0, 0.05) is 30.0 Å². The minimum Gasteiger partial charge on any atom is -0.388 e. The molecular formula is C18H20N2O. The van der Waals surface area contributed by atoms with Crippen LogP contribution in [0.25, 0.3) is 0 Å². The van der Waals surface area contributed by atoms with E-state index in [2.05, 4.69) is 18.3 Å². The Morgan fingerprint density at radius 2 is 1.86 bits per heavy atom.